The Balaban J connectivity index is 1.78. The van der Waals surface area contributed by atoms with Crippen molar-refractivity contribution in [1.82, 2.24) is 15.2 Å². The number of nitrogens with zero attached hydrogens (tertiary/aromatic N) is 3. The molecule has 0 aromatic carbocycles. The molecule has 0 saturated carbocycles. The summed E-state index contributed by atoms with van der Waals surface area (Å²) in [4.78, 5) is 54.6. The van der Waals surface area contributed by atoms with Gasteiger partial charge in [0.15, 0.2) is 10.8 Å². The number of hydrogen-bond donors (Lipinski definition) is 3. The average molecular weight is 496 g/mol. The zero-order valence-corrected chi connectivity index (χ0v) is 19.4. The first kappa shape index (κ1) is 24.3. The Morgan fingerprint density at radius 3 is 2.73 bits per heavy atom. The number of rotatable bonds is 7. The highest BCUT2D eigenvalue weighted by Gasteiger charge is 2.54. The molecule has 14 heteroatoms. The summed E-state index contributed by atoms with van der Waals surface area (Å²) < 4.78 is 10.0. The van der Waals surface area contributed by atoms with E-state index < -0.39 is 47.2 Å². The van der Waals surface area contributed by atoms with Crippen molar-refractivity contribution in [3.05, 3.63) is 34.5 Å². The summed E-state index contributed by atoms with van der Waals surface area (Å²) >= 11 is 2.40. The molecule has 1 aromatic heterocycles. The summed E-state index contributed by atoms with van der Waals surface area (Å²) in [5, 5.41) is 15.8. The number of amides is 2. The molecule has 0 bridgehead atoms. The van der Waals surface area contributed by atoms with Crippen LogP contribution in [0.25, 0.3) is 0 Å². The SMILES string of the molecule is C/C=C/C1=C(C(=O)OC(C)OC(C)=O)N2C(=O)[C@@H](NC(=O)/C(=N\O)c3csc(N)n3)[C@H]2SC1. The number of nitrogens with two attached hydrogens (primary N) is 1. The van der Waals surface area contributed by atoms with Crippen LogP contribution in [0.1, 0.15) is 26.5 Å². The Hall–Kier alpha value is -3.39. The largest absolute Gasteiger partial charge is 0.426 e. The maximum absolute atomic E-state index is 12.9. The molecule has 4 N–H and O–H groups in total. The lowest BCUT2D eigenvalue weighted by molar-refractivity contribution is -0.182. The number of anilines is 1. The molecule has 0 radical (unpaired) electrons. The Kier molecular flexibility index (Phi) is 7.38. The van der Waals surface area contributed by atoms with Crippen LogP contribution in [0.4, 0.5) is 5.13 Å². The second kappa shape index (κ2) is 10.0. The second-order valence-corrected chi connectivity index (χ2v) is 8.83. The number of ether oxygens (including phenoxy) is 2. The number of hydrogen-bond acceptors (Lipinski definition) is 12. The fourth-order valence-electron chi connectivity index (χ4n) is 3.24. The lowest BCUT2D eigenvalue weighted by atomic mass is 10.0. The van der Waals surface area contributed by atoms with E-state index in [1.807, 2.05) is 0 Å². The van der Waals surface area contributed by atoms with Crippen molar-refractivity contribution >= 4 is 57.7 Å². The first-order valence-electron chi connectivity index (χ1n) is 9.60. The topological polar surface area (TPSA) is 174 Å². The third-order valence-corrected chi connectivity index (χ3v) is 6.51. The number of nitrogen functional groups attached to an aromatic ring is 1. The number of esters is 2. The smallest absolute Gasteiger partial charge is 0.358 e. The van der Waals surface area contributed by atoms with Gasteiger partial charge in [0.25, 0.3) is 11.8 Å². The van der Waals surface area contributed by atoms with Gasteiger partial charge in [-0.25, -0.2) is 9.78 Å². The van der Waals surface area contributed by atoms with Gasteiger partial charge in [0.2, 0.25) is 6.29 Å². The van der Waals surface area contributed by atoms with Crippen molar-refractivity contribution in [1.29, 1.82) is 0 Å². The Bertz CT molecular complexity index is 1080. The standard InChI is InChI=1S/C19H21N5O7S2/c1-4-5-10-6-32-17-13(22-15(26)12(23-29)11-7-33-19(20)21-11)16(27)24(17)14(10)18(28)31-9(3)30-8(2)25/h4-5,7,9,13,17,29H,6H2,1-3H3,(H2,20,21)(H,22,26)/b5-4+,23-12-/t9?,13-,17-/m1/s1. The molecule has 176 valence electrons. The van der Waals surface area contributed by atoms with Crippen LogP contribution in [0, 0.1) is 0 Å². The maximum Gasteiger partial charge on any atom is 0.358 e. The van der Waals surface area contributed by atoms with Crippen molar-refractivity contribution in [2.24, 2.45) is 5.16 Å². The van der Waals surface area contributed by atoms with Gasteiger partial charge in [-0.1, -0.05) is 17.3 Å². The van der Waals surface area contributed by atoms with Gasteiger partial charge >= 0.3 is 11.9 Å². The van der Waals surface area contributed by atoms with Crippen LogP contribution in [-0.2, 0) is 28.7 Å². The highest BCUT2D eigenvalue weighted by atomic mass is 32.2. The number of oxime groups is 1. The summed E-state index contributed by atoms with van der Waals surface area (Å²) in [7, 11) is 0. The molecule has 0 aliphatic carbocycles. The first-order chi connectivity index (χ1) is 15.7. The minimum absolute atomic E-state index is 0.00896. The van der Waals surface area contributed by atoms with E-state index in [9.17, 15) is 24.4 Å². The van der Waals surface area contributed by atoms with Crippen molar-refractivity contribution in [2.45, 2.75) is 38.5 Å². The normalized spacial score (nSPS) is 21.4. The van der Waals surface area contributed by atoms with E-state index in [-0.39, 0.29) is 16.5 Å². The van der Waals surface area contributed by atoms with E-state index in [0.29, 0.717) is 11.3 Å². The number of aromatic nitrogens is 1. The summed E-state index contributed by atoms with van der Waals surface area (Å²) in [5.41, 5.74) is 5.78. The van der Waals surface area contributed by atoms with Crippen LogP contribution in [0.15, 0.2) is 34.0 Å². The number of carbonyl (C=O) groups is 4. The van der Waals surface area contributed by atoms with Crippen LogP contribution in [-0.4, -0.2) is 68.0 Å². The maximum atomic E-state index is 12.9. The lowest BCUT2D eigenvalue weighted by Gasteiger charge is -2.49. The highest BCUT2D eigenvalue weighted by molar-refractivity contribution is 8.00. The molecule has 12 nitrogen and oxygen atoms in total. The van der Waals surface area contributed by atoms with E-state index in [2.05, 4.69) is 15.5 Å². The molecule has 1 unspecified atom stereocenters. The molecule has 3 atom stereocenters. The number of fused-ring (bicyclic) bond motifs is 1. The van der Waals surface area contributed by atoms with Crippen LogP contribution < -0.4 is 11.1 Å². The molecule has 33 heavy (non-hydrogen) atoms. The van der Waals surface area contributed by atoms with Crippen LogP contribution >= 0.6 is 23.1 Å². The predicted octanol–water partition coefficient (Wildman–Crippen LogP) is 0.586. The van der Waals surface area contributed by atoms with Gasteiger partial charge < -0.3 is 25.7 Å². The minimum Gasteiger partial charge on any atom is -0.426 e. The zero-order chi connectivity index (χ0) is 24.3. The quantitative estimate of drug-likeness (QED) is 0.121. The molecule has 3 heterocycles. The van der Waals surface area contributed by atoms with Gasteiger partial charge in [0.05, 0.1) is 0 Å². The summed E-state index contributed by atoms with van der Waals surface area (Å²) in [6.07, 6.45) is 2.24. The van der Waals surface area contributed by atoms with Gasteiger partial charge in [-0.3, -0.25) is 19.3 Å². The number of allylic oxidation sites excluding steroid dienone is 2. The number of thioether (sulfide) groups is 1. The van der Waals surface area contributed by atoms with Gasteiger partial charge in [0, 0.05) is 25.0 Å². The molecule has 2 aliphatic rings. The second-order valence-electron chi connectivity index (χ2n) is 6.84. The van der Waals surface area contributed by atoms with E-state index in [4.69, 9.17) is 15.2 Å². The predicted molar refractivity (Wildman–Crippen MR) is 119 cm³/mol. The van der Waals surface area contributed by atoms with Gasteiger partial charge in [-0.2, -0.15) is 0 Å². The molecule has 3 rings (SSSR count). The third kappa shape index (κ3) is 5.01. The van der Waals surface area contributed by atoms with E-state index >= 15 is 0 Å². The zero-order valence-electron chi connectivity index (χ0n) is 17.8. The first-order valence-corrected chi connectivity index (χ1v) is 11.5. The third-order valence-electron chi connectivity index (χ3n) is 4.53. The monoisotopic (exact) mass is 495 g/mol. The molecular weight excluding hydrogens is 474 g/mol. The number of nitrogens with one attached hydrogen (secondary N) is 1. The fraction of sp³-hybridized carbons (Fsp3) is 0.368. The number of carbonyl (C=O) groups excluding carboxylic acids is 4. The van der Waals surface area contributed by atoms with Crippen molar-refractivity contribution < 1.29 is 33.9 Å². The highest BCUT2D eigenvalue weighted by Crippen LogP contribution is 2.41. The molecule has 2 amide bonds. The lowest BCUT2D eigenvalue weighted by Crippen LogP contribution is -2.71. The van der Waals surface area contributed by atoms with Gasteiger partial charge in [0.1, 0.15) is 22.8 Å². The molecule has 0 spiro atoms. The molecular formula is C19H21N5O7S2. The van der Waals surface area contributed by atoms with Crippen molar-refractivity contribution in [3.8, 4) is 0 Å². The van der Waals surface area contributed by atoms with E-state index in [0.717, 1.165) is 11.3 Å². The van der Waals surface area contributed by atoms with E-state index in [1.165, 1.54) is 35.9 Å². The number of β-lactam (4-membered cyclic amide) rings is 1. The fourth-order valence-corrected chi connectivity index (χ4v) is 5.11. The Labute approximate surface area is 196 Å². The van der Waals surface area contributed by atoms with Gasteiger partial charge in [-0.05, 0) is 12.5 Å². The van der Waals surface area contributed by atoms with E-state index in [1.54, 1.807) is 19.1 Å². The molecule has 1 fully saturated rings. The summed E-state index contributed by atoms with van der Waals surface area (Å²) in [6.45, 7) is 4.32. The number of thiazole rings is 1. The average Bonchev–Trinajstić information content (AvgIpc) is 3.17. The Morgan fingerprint density at radius 2 is 2.15 bits per heavy atom. The minimum atomic E-state index is -1.15. The molecule has 1 aromatic rings. The van der Waals surface area contributed by atoms with Crippen LogP contribution in [0.5, 0.6) is 0 Å². The summed E-state index contributed by atoms with van der Waals surface area (Å²) in [6, 6.07) is -0.976. The van der Waals surface area contributed by atoms with Crippen LogP contribution in [0.2, 0.25) is 0 Å². The molecule has 1 saturated heterocycles. The van der Waals surface area contributed by atoms with Gasteiger partial charge in [-0.15, -0.1) is 23.1 Å². The van der Waals surface area contributed by atoms with Crippen molar-refractivity contribution in [3.63, 3.8) is 0 Å². The molecule has 2 aliphatic heterocycles. The Morgan fingerprint density at radius 1 is 1.42 bits per heavy atom. The summed E-state index contributed by atoms with van der Waals surface area (Å²) in [5.74, 6) is -2.47. The van der Waals surface area contributed by atoms with Crippen LogP contribution in [0.3, 0.4) is 0 Å². The van der Waals surface area contributed by atoms with Crippen molar-refractivity contribution in [2.75, 3.05) is 11.5 Å².